The van der Waals surface area contributed by atoms with Crippen molar-refractivity contribution in [3.8, 4) is 17.2 Å². The summed E-state index contributed by atoms with van der Waals surface area (Å²) in [7, 11) is 0. The zero-order chi connectivity index (χ0) is 14.9. The van der Waals surface area contributed by atoms with E-state index in [2.05, 4.69) is 15.0 Å². The molecule has 0 amide bonds. The summed E-state index contributed by atoms with van der Waals surface area (Å²) in [5.74, 6) is 0.747. The highest BCUT2D eigenvalue weighted by Gasteiger charge is 2.15. The van der Waals surface area contributed by atoms with Crippen molar-refractivity contribution in [3.63, 3.8) is 0 Å². The molecule has 0 fully saturated rings. The van der Waals surface area contributed by atoms with Crippen LogP contribution in [0.25, 0.3) is 28.4 Å². The highest BCUT2D eigenvalue weighted by atomic mass is 35.5. The van der Waals surface area contributed by atoms with Gasteiger partial charge in [0.05, 0.1) is 5.69 Å². The molecule has 0 saturated carbocycles. The lowest BCUT2D eigenvalue weighted by atomic mass is 10.3. The third-order valence-corrected chi connectivity index (χ3v) is 3.61. The molecule has 4 aromatic rings. The summed E-state index contributed by atoms with van der Waals surface area (Å²) in [4.78, 5) is 13.6. The van der Waals surface area contributed by atoms with Crippen LogP contribution in [0.2, 0.25) is 5.02 Å². The van der Waals surface area contributed by atoms with Crippen molar-refractivity contribution in [3.05, 3.63) is 72.0 Å². The molecule has 106 valence electrons. The molecule has 0 bridgehead atoms. The summed E-state index contributed by atoms with van der Waals surface area (Å²) in [6.07, 6.45) is 3.51. The molecule has 3 aromatic heterocycles. The maximum Gasteiger partial charge on any atom is 0.165 e. The van der Waals surface area contributed by atoms with E-state index in [1.54, 1.807) is 12.4 Å². The number of rotatable bonds is 2. The predicted octanol–water partition coefficient (Wildman–Crippen LogP) is 4.14. The van der Waals surface area contributed by atoms with Gasteiger partial charge in [-0.3, -0.25) is 9.55 Å². The van der Waals surface area contributed by atoms with E-state index in [-0.39, 0.29) is 0 Å². The lowest BCUT2D eigenvalue weighted by Gasteiger charge is -2.08. The Morgan fingerprint density at radius 1 is 0.864 bits per heavy atom. The molecule has 1 aromatic carbocycles. The van der Waals surface area contributed by atoms with E-state index in [0.29, 0.717) is 5.02 Å². The van der Waals surface area contributed by atoms with Crippen LogP contribution < -0.4 is 0 Å². The molecular weight excluding hydrogens is 296 g/mol. The van der Waals surface area contributed by atoms with Gasteiger partial charge in [0, 0.05) is 17.4 Å². The van der Waals surface area contributed by atoms with E-state index in [9.17, 15) is 0 Å². The van der Waals surface area contributed by atoms with Gasteiger partial charge in [-0.15, -0.1) is 0 Å². The third kappa shape index (κ3) is 2.14. The molecule has 0 aliphatic heterocycles. The summed E-state index contributed by atoms with van der Waals surface area (Å²) in [5, 5.41) is 0.669. The van der Waals surface area contributed by atoms with E-state index < -0.39 is 0 Å². The number of hydrogen-bond donors (Lipinski definition) is 0. The number of hydrogen-bond acceptors (Lipinski definition) is 3. The molecule has 0 saturated heterocycles. The molecule has 22 heavy (non-hydrogen) atoms. The topological polar surface area (TPSA) is 43.6 Å². The molecule has 0 unspecified atom stereocenters. The van der Waals surface area contributed by atoms with Crippen molar-refractivity contribution in [1.29, 1.82) is 0 Å². The van der Waals surface area contributed by atoms with Crippen molar-refractivity contribution < 1.29 is 0 Å². The molecule has 4 rings (SSSR count). The summed E-state index contributed by atoms with van der Waals surface area (Å²) in [6, 6.07) is 17.2. The number of imidazole rings is 1. The molecular formula is C17H11ClN4. The number of aromatic nitrogens is 4. The Hall–Kier alpha value is -2.72. The van der Waals surface area contributed by atoms with E-state index in [0.717, 1.165) is 28.4 Å². The zero-order valence-corrected chi connectivity index (χ0v) is 12.3. The van der Waals surface area contributed by atoms with Crippen LogP contribution in [0.15, 0.2) is 67.0 Å². The Bertz CT molecular complexity index is 947. The molecule has 3 heterocycles. The Morgan fingerprint density at radius 3 is 2.59 bits per heavy atom. The standard InChI is InChI=1S/C17H11ClN4/c18-12-5-3-6-13(11-12)22-16-15(8-4-10-20-16)21-17(22)14-7-1-2-9-19-14/h1-11H. The largest absolute Gasteiger partial charge is 0.275 e. The molecule has 0 spiro atoms. The molecule has 0 aliphatic rings. The number of fused-ring (bicyclic) bond motifs is 1. The summed E-state index contributed by atoms with van der Waals surface area (Å²) in [6.45, 7) is 0. The Balaban J connectivity index is 2.07. The maximum atomic E-state index is 6.14. The van der Waals surface area contributed by atoms with E-state index in [4.69, 9.17) is 11.6 Å². The van der Waals surface area contributed by atoms with Crippen LogP contribution >= 0.6 is 11.6 Å². The van der Waals surface area contributed by atoms with Gasteiger partial charge in [0.2, 0.25) is 0 Å². The van der Waals surface area contributed by atoms with Gasteiger partial charge in [-0.05, 0) is 42.5 Å². The van der Waals surface area contributed by atoms with Crippen LogP contribution in [0.4, 0.5) is 0 Å². The Labute approximate surface area is 132 Å². The van der Waals surface area contributed by atoms with Crippen LogP contribution in [-0.2, 0) is 0 Å². The third-order valence-electron chi connectivity index (χ3n) is 3.38. The van der Waals surface area contributed by atoms with Gasteiger partial charge in [-0.25, -0.2) is 9.97 Å². The fraction of sp³-hybridized carbons (Fsp3) is 0. The van der Waals surface area contributed by atoms with Crippen molar-refractivity contribution >= 4 is 22.8 Å². The van der Waals surface area contributed by atoms with Gasteiger partial charge in [-0.1, -0.05) is 23.7 Å². The second kappa shape index (κ2) is 5.24. The van der Waals surface area contributed by atoms with Gasteiger partial charge in [0.15, 0.2) is 11.5 Å². The van der Waals surface area contributed by atoms with Gasteiger partial charge in [0.1, 0.15) is 11.2 Å². The number of nitrogens with zero attached hydrogens (tertiary/aromatic N) is 4. The predicted molar refractivity (Wildman–Crippen MR) is 87.1 cm³/mol. The lowest BCUT2D eigenvalue weighted by molar-refractivity contribution is 1.06. The SMILES string of the molecule is Clc1cccc(-n2c(-c3ccccn3)nc3cccnc32)c1. The van der Waals surface area contributed by atoms with Crippen molar-refractivity contribution in [2.45, 2.75) is 0 Å². The van der Waals surface area contributed by atoms with Crippen molar-refractivity contribution in [1.82, 2.24) is 19.5 Å². The van der Waals surface area contributed by atoms with Gasteiger partial charge >= 0.3 is 0 Å². The minimum Gasteiger partial charge on any atom is -0.275 e. The van der Waals surface area contributed by atoms with Crippen LogP contribution in [0.3, 0.4) is 0 Å². The zero-order valence-electron chi connectivity index (χ0n) is 11.5. The Kier molecular flexibility index (Phi) is 3.09. The van der Waals surface area contributed by atoms with Crippen LogP contribution in [-0.4, -0.2) is 19.5 Å². The van der Waals surface area contributed by atoms with Crippen molar-refractivity contribution in [2.75, 3.05) is 0 Å². The van der Waals surface area contributed by atoms with Gasteiger partial charge < -0.3 is 0 Å². The first-order valence-corrected chi connectivity index (χ1v) is 7.21. The van der Waals surface area contributed by atoms with E-state index >= 15 is 0 Å². The number of pyridine rings is 2. The average molecular weight is 307 g/mol. The smallest absolute Gasteiger partial charge is 0.165 e. The van der Waals surface area contributed by atoms with E-state index in [1.807, 2.05) is 59.2 Å². The molecule has 0 N–H and O–H groups in total. The monoisotopic (exact) mass is 306 g/mol. The van der Waals surface area contributed by atoms with E-state index in [1.165, 1.54) is 0 Å². The molecule has 0 radical (unpaired) electrons. The summed E-state index contributed by atoms with van der Waals surface area (Å²) in [5.41, 5.74) is 3.31. The summed E-state index contributed by atoms with van der Waals surface area (Å²) < 4.78 is 1.98. The molecule has 4 nitrogen and oxygen atoms in total. The maximum absolute atomic E-state index is 6.14. The average Bonchev–Trinajstić information content (AvgIpc) is 2.95. The number of benzene rings is 1. The fourth-order valence-electron chi connectivity index (χ4n) is 2.44. The van der Waals surface area contributed by atoms with Crippen LogP contribution in [0.5, 0.6) is 0 Å². The fourth-order valence-corrected chi connectivity index (χ4v) is 2.62. The number of halogens is 1. The quantitative estimate of drug-likeness (QED) is 0.559. The van der Waals surface area contributed by atoms with Crippen molar-refractivity contribution in [2.24, 2.45) is 0 Å². The first kappa shape index (κ1) is 13.0. The molecule has 0 aliphatic carbocycles. The van der Waals surface area contributed by atoms with Gasteiger partial charge in [0.25, 0.3) is 0 Å². The minimum absolute atomic E-state index is 0.669. The minimum atomic E-state index is 0.669. The molecule has 0 atom stereocenters. The second-order valence-corrected chi connectivity index (χ2v) is 5.25. The normalized spacial score (nSPS) is 11.0. The van der Waals surface area contributed by atoms with Crippen LogP contribution in [0.1, 0.15) is 0 Å². The van der Waals surface area contributed by atoms with Gasteiger partial charge in [-0.2, -0.15) is 0 Å². The first-order chi connectivity index (χ1) is 10.8. The first-order valence-electron chi connectivity index (χ1n) is 6.84. The highest BCUT2D eigenvalue weighted by molar-refractivity contribution is 6.30. The summed E-state index contributed by atoms with van der Waals surface area (Å²) >= 11 is 6.14. The second-order valence-electron chi connectivity index (χ2n) is 4.81. The Morgan fingerprint density at radius 2 is 1.77 bits per heavy atom. The molecule has 5 heteroatoms. The lowest BCUT2D eigenvalue weighted by Crippen LogP contribution is -1.99. The van der Waals surface area contributed by atoms with Crippen LogP contribution in [0, 0.1) is 0 Å². The highest BCUT2D eigenvalue weighted by Crippen LogP contribution is 2.27.